The Balaban J connectivity index is 0.000000453. The Kier molecular flexibility index (Phi) is 11.2. The van der Waals surface area contributed by atoms with E-state index in [1.807, 2.05) is 0 Å². The minimum atomic E-state index is -0.339. The molecule has 0 heterocycles. The van der Waals surface area contributed by atoms with Crippen molar-refractivity contribution in [2.45, 2.75) is 69.9 Å². The summed E-state index contributed by atoms with van der Waals surface area (Å²) in [6, 6.07) is 31.3. The van der Waals surface area contributed by atoms with Crippen LogP contribution in [0.3, 0.4) is 0 Å². The van der Waals surface area contributed by atoms with Crippen LogP contribution in [0.2, 0.25) is 0 Å². The molecule has 0 bridgehead atoms. The Morgan fingerprint density at radius 3 is 1.67 bits per heavy atom. The second-order valence-electron chi connectivity index (χ2n) is 9.28. The summed E-state index contributed by atoms with van der Waals surface area (Å²) in [6.45, 7) is 2.44. The topological polar surface area (TPSA) is 0 Å². The van der Waals surface area contributed by atoms with Gasteiger partial charge in [-0.25, -0.2) is 0 Å². The van der Waals surface area contributed by atoms with E-state index in [1.165, 1.54) is 72.0 Å². The van der Waals surface area contributed by atoms with Crippen LogP contribution >= 0.6 is 23.9 Å². The molecule has 0 aromatic heterocycles. The van der Waals surface area contributed by atoms with E-state index in [2.05, 4.69) is 108 Å². The predicted octanol–water partition coefficient (Wildman–Crippen LogP) is 8.80. The van der Waals surface area contributed by atoms with E-state index in [0.29, 0.717) is 5.92 Å². The Hall–Kier alpha value is -0.911. The van der Waals surface area contributed by atoms with Gasteiger partial charge in [0.15, 0.2) is 0 Å². The van der Waals surface area contributed by atoms with Crippen LogP contribution in [0.5, 0.6) is 0 Å². The molecule has 2 aliphatic rings. The molecule has 2 unspecified atom stereocenters. The van der Waals surface area contributed by atoms with E-state index in [9.17, 15) is 0 Å². The molecule has 33 heavy (non-hydrogen) atoms. The molecule has 2 aliphatic carbocycles. The van der Waals surface area contributed by atoms with Crippen LogP contribution in [0.15, 0.2) is 89.4 Å². The van der Waals surface area contributed by atoms with Crippen molar-refractivity contribution in [2.24, 2.45) is 5.92 Å². The summed E-state index contributed by atoms with van der Waals surface area (Å²) in [5, 5.41) is 3.05. The van der Waals surface area contributed by atoms with Crippen molar-refractivity contribution in [2.75, 3.05) is 0 Å². The second-order valence-corrected chi connectivity index (χ2v) is 12.6. The van der Waals surface area contributed by atoms with E-state index in [1.54, 1.807) is 0 Å². The summed E-state index contributed by atoms with van der Waals surface area (Å²) in [4.78, 5) is 0. The fraction of sp³-hybridized carbons (Fsp3) is 0.400. The van der Waals surface area contributed by atoms with Gasteiger partial charge < -0.3 is 0 Å². The minimum absolute atomic E-state index is 0. The van der Waals surface area contributed by atoms with Gasteiger partial charge in [-0.1, -0.05) is 140 Å². The van der Waals surface area contributed by atoms with Gasteiger partial charge in [0.05, 0.1) is 0 Å². The van der Waals surface area contributed by atoms with E-state index < -0.39 is 0 Å². The molecule has 0 nitrogen and oxygen atoms in total. The molecular weight excluding hydrogens is 527 g/mol. The minimum Gasteiger partial charge on any atom is -0.0622 e. The molecule has 0 N–H and O–H groups in total. The summed E-state index contributed by atoms with van der Waals surface area (Å²) in [6.07, 6.45) is 11.5. The third-order valence-electron chi connectivity index (χ3n) is 7.22. The van der Waals surface area contributed by atoms with Gasteiger partial charge in [0, 0.05) is 21.5 Å². The van der Waals surface area contributed by atoms with Gasteiger partial charge >= 0.3 is 0 Å². The molecule has 176 valence electrons. The smallest absolute Gasteiger partial charge is 0.0210 e. The number of hydrogen-bond acceptors (Lipinski definition) is 0. The van der Waals surface area contributed by atoms with Crippen LogP contribution in [0.25, 0.3) is 0 Å². The van der Waals surface area contributed by atoms with Crippen molar-refractivity contribution in [3.05, 3.63) is 95.0 Å². The van der Waals surface area contributed by atoms with Gasteiger partial charge in [0.2, 0.25) is 0 Å². The van der Waals surface area contributed by atoms with Gasteiger partial charge in [0.25, 0.3) is 0 Å². The molecule has 3 atom stereocenters. The quantitative estimate of drug-likeness (QED) is 0.215. The average Bonchev–Trinajstić information content (AvgIpc) is 3.57. The molecule has 0 spiro atoms. The SMILES string of the molecule is C1CCCC1.C[C@@H](c1ccccc1Br)C1CCCC1P(c1ccccc1)c1ccccc1.[Fe]. The van der Waals surface area contributed by atoms with Gasteiger partial charge in [-0.2, -0.15) is 0 Å². The van der Waals surface area contributed by atoms with Crippen LogP contribution in [-0.4, -0.2) is 5.66 Å². The summed E-state index contributed by atoms with van der Waals surface area (Å²) in [5.41, 5.74) is 2.21. The molecule has 0 aliphatic heterocycles. The summed E-state index contributed by atoms with van der Waals surface area (Å²) < 4.78 is 1.26. The molecule has 5 rings (SSSR count). The zero-order chi connectivity index (χ0) is 22.2. The zero-order valence-electron chi connectivity index (χ0n) is 19.7. The number of hydrogen-bond donors (Lipinski definition) is 0. The Morgan fingerprint density at radius 2 is 1.15 bits per heavy atom. The van der Waals surface area contributed by atoms with E-state index in [4.69, 9.17) is 0 Å². The molecule has 0 radical (unpaired) electrons. The second kappa shape index (κ2) is 13.8. The number of benzene rings is 3. The Bertz CT molecular complexity index is 895. The van der Waals surface area contributed by atoms with Gasteiger partial charge in [0.1, 0.15) is 0 Å². The van der Waals surface area contributed by atoms with Crippen LogP contribution in [0.4, 0.5) is 0 Å². The third kappa shape index (κ3) is 7.05. The summed E-state index contributed by atoms with van der Waals surface area (Å²) in [5.74, 6) is 1.31. The molecular formula is C30H36BrFeP. The average molecular weight is 563 g/mol. The first kappa shape index (κ1) is 26.7. The third-order valence-corrected chi connectivity index (χ3v) is 11.0. The molecule has 3 aromatic carbocycles. The van der Waals surface area contributed by atoms with Gasteiger partial charge in [-0.05, 0) is 60.5 Å². The van der Waals surface area contributed by atoms with Gasteiger partial charge in [-0.3, -0.25) is 0 Å². The molecule has 3 heteroatoms. The molecule has 0 amide bonds. The van der Waals surface area contributed by atoms with Crippen molar-refractivity contribution >= 4 is 34.5 Å². The Labute approximate surface area is 221 Å². The van der Waals surface area contributed by atoms with Crippen LogP contribution < -0.4 is 10.6 Å². The summed E-state index contributed by atoms with van der Waals surface area (Å²) >= 11 is 3.80. The number of halogens is 1. The monoisotopic (exact) mass is 562 g/mol. The maximum Gasteiger partial charge on any atom is 0.0210 e. The molecule has 2 fully saturated rings. The van der Waals surface area contributed by atoms with Crippen LogP contribution in [0.1, 0.15) is 69.8 Å². The standard InChI is InChI=1S/C25H26BrP.C5H10.Fe/c1-19(22-15-8-9-17-24(22)26)23-16-10-18-25(23)27(20-11-4-2-5-12-20)21-13-6-3-7-14-21;1-2-4-5-3-1;/h2-9,11-15,17,19,23,25H,10,16,18H2,1H3;1-5H2;/t19-,23?,25?;;/m0../s1. The van der Waals surface area contributed by atoms with Crippen LogP contribution in [0, 0.1) is 5.92 Å². The normalized spacial score (nSPS) is 20.6. The molecule has 0 saturated heterocycles. The first-order valence-electron chi connectivity index (χ1n) is 12.4. The van der Waals surface area contributed by atoms with Crippen molar-refractivity contribution in [1.82, 2.24) is 0 Å². The van der Waals surface area contributed by atoms with Crippen molar-refractivity contribution in [3.63, 3.8) is 0 Å². The van der Waals surface area contributed by atoms with Crippen LogP contribution in [-0.2, 0) is 17.1 Å². The summed E-state index contributed by atoms with van der Waals surface area (Å²) in [7, 11) is -0.339. The van der Waals surface area contributed by atoms with Crippen molar-refractivity contribution in [1.29, 1.82) is 0 Å². The largest absolute Gasteiger partial charge is 0.0622 e. The molecule has 2 saturated carbocycles. The first-order valence-corrected chi connectivity index (χ1v) is 14.6. The zero-order valence-corrected chi connectivity index (χ0v) is 23.2. The molecule has 3 aromatic rings. The van der Waals surface area contributed by atoms with E-state index in [0.717, 1.165) is 11.6 Å². The number of rotatable bonds is 5. The van der Waals surface area contributed by atoms with Crippen molar-refractivity contribution < 1.29 is 17.1 Å². The van der Waals surface area contributed by atoms with E-state index >= 15 is 0 Å². The maximum atomic E-state index is 3.80. The van der Waals surface area contributed by atoms with Gasteiger partial charge in [-0.15, -0.1) is 0 Å². The van der Waals surface area contributed by atoms with E-state index in [-0.39, 0.29) is 25.0 Å². The fourth-order valence-electron chi connectivity index (χ4n) is 5.54. The Morgan fingerprint density at radius 1 is 0.667 bits per heavy atom. The fourth-order valence-corrected chi connectivity index (χ4v) is 9.47. The van der Waals surface area contributed by atoms with Crippen molar-refractivity contribution in [3.8, 4) is 0 Å². The maximum absolute atomic E-state index is 3.80. The first-order chi connectivity index (χ1) is 15.8. The predicted molar refractivity (Wildman–Crippen MR) is 146 cm³/mol.